The minimum atomic E-state index is 0.945. The van der Waals surface area contributed by atoms with Gasteiger partial charge in [-0.1, -0.05) is 63.3 Å². The van der Waals surface area contributed by atoms with Crippen LogP contribution in [-0.4, -0.2) is 7.11 Å². The number of hydrogen-bond acceptors (Lipinski definition) is 1. The molecular formula is C22H34O. The van der Waals surface area contributed by atoms with E-state index in [2.05, 4.69) is 43.3 Å². The first-order valence-corrected chi connectivity index (χ1v) is 9.56. The summed E-state index contributed by atoms with van der Waals surface area (Å²) in [6, 6.07) is 8.45. The van der Waals surface area contributed by atoms with Crippen LogP contribution in [0.2, 0.25) is 0 Å². The second kappa shape index (κ2) is 10.5. The molecule has 0 aromatic heterocycles. The van der Waals surface area contributed by atoms with Crippen LogP contribution in [-0.2, 0) is 6.42 Å². The number of benzene rings is 1. The van der Waals surface area contributed by atoms with Gasteiger partial charge in [0.1, 0.15) is 5.75 Å². The zero-order valence-electron chi connectivity index (χ0n) is 15.1. The summed E-state index contributed by atoms with van der Waals surface area (Å²) in [5, 5.41) is 0. The largest absolute Gasteiger partial charge is 0.497 e. The van der Waals surface area contributed by atoms with E-state index in [1.54, 1.807) is 7.11 Å². The Kier molecular flexibility index (Phi) is 8.28. The number of ether oxygens (including phenoxy) is 1. The highest BCUT2D eigenvalue weighted by molar-refractivity contribution is 5.27. The summed E-state index contributed by atoms with van der Waals surface area (Å²) in [7, 11) is 1.72. The molecule has 0 atom stereocenters. The van der Waals surface area contributed by atoms with Gasteiger partial charge in [0.2, 0.25) is 0 Å². The molecular weight excluding hydrogens is 280 g/mol. The zero-order chi connectivity index (χ0) is 16.3. The summed E-state index contributed by atoms with van der Waals surface area (Å²) < 4.78 is 5.19. The lowest BCUT2D eigenvalue weighted by Crippen LogP contribution is -2.11. The molecule has 0 unspecified atom stereocenters. The van der Waals surface area contributed by atoms with Crippen molar-refractivity contribution >= 4 is 0 Å². The molecule has 0 amide bonds. The first-order valence-electron chi connectivity index (χ1n) is 9.56. The first-order chi connectivity index (χ1) is 11.3. The molecule has 1 fully saturated rings. The van der Waals surface area contributed by atoms with Crippen molar-refractivity contribution in [1.82, 2.24) is 0 Å². The predicted octanol–water partition coefficient (Wildman–Crippen LogP) is 6.57. The first kappa shape index (κ1) is 18.1. The number of rotatable bonds is 9. The van der Waals surface area contributed by atoms with E-state index in [0.29, 0.717) is 0 Å². The molecule has 0 heterocycles. The van der Waals surface area contributed by atoms with Gasteiger partial charge in [-0.3, -0.25) is 0 Å². The summed E-state index contributed by atoms with van der Waals surface area (Å²) in [5.74, 6) is 2.95. The molecule has 1 aliphatic carbocycles. The monoisotopic (exact) mass is 314 g/mol. The molecule has 1 aromatic carbocycles. The van der Waals surface area contributed by atoms with E-state index in [4.69, 9.17) is 4.74 Å². The second-order valence-electron chi connectivity index (χ2n) is 7.27. The fraction of sp³-hybridized carbons (Fsp3) is 0.636. The molecule has 23 heavy (non-hydrogen) atoms. The van der Waals surface area contributed by atoms with Crippen LogP contribution < -0.4 is 4.74 Å². The van der Waals surface area contributed by atoms with E-state index in [-0.39, 0.29) is 0 Å². The van der Waals surface area contributed by atoms with Crippen LogP contribution >= 0.6 is 0 Å². The van der Waals surface area contributed by atoms with Gasteiger partial charge in [-0.25, -0.2) is 0 Å². The number of unbranched alkanes of at least 4 members (excludes halogenated alkanes) is 2. The Morgan fingerprint density at radius 1 is 0.957 bits per heavy atom. The highest BCUT2D eigenvalue weighted by Gasteiger charge is 2.17. The van der Waals surface area contributed by atoms with Crippen LogP contribution in [0, 0.1) is 11.8 Å². The SMILES string of the molecule is COc1ccc(CCC/C=C\CCCC2CCC(C)CC2)cc1. The van der Waals surface area contributed by atoms with Crippen LogP contribution in [0.15, 0.2) is 36.4 Å². The summed E-state index contributed by atoms with van der Waals surface area (Å²) in [6.07, 6.45) is 18.4. The summed E-state index contributed by atoms with van der Waals surface area (Å²) >= 11 is 0. The van der Waals surface area contributed by atoms with E-state index in [1.165, 1.54) is 63.4 Å². The Morgan fingerprint density at radius 3 is 2.26 bits per heavy atom. The molecule has 1 nitrogen and oxygen atoms in total. The van der Waals surface area contributed by atoms with Crippen LogP contribution in [0.5, 0.6) is 5.75 Å². The van der Waals surface area contributed by atoms with Crippen molar-refractivity contribution in [3.8, 4) is 5.75 Å². The third kappa shape index (κ3) is 7.24. The van der Waals surface area contributed by atoms with Crippen molar-refractivity contribution in [3.05, 3.63) is 42.0 Å². The summed E-state index contributed by atoms with van der Waals surface area (Å²) in [5.41, 5.74) is 1.41. The predicted molar refractivity (Wildman–Crippen MR) is 100 cm³/mol. The third-order valence-electron chi connectivity index (χ3n) is 5.28. The molecule has 0 N–H and O–H groups in total. The molecule has 1 aliphatic rings. The van der Waals surface area contributed by atoms with Crippen molar-refractivity contribution in [3.63, 3.8) is 0 Å². The zero-order valence-corrected chi connectivity index (χ0v) is 15.1. The van der Waals surface area contributed by atoms with Crippen LogP contribution in [0.3, 0.4) is 0 Å². The maximum atomic E-state index is 5.19. The van der Waals surface area contributed by atoms with Crippen molar-refractivity contribution in [1.29, 1.82) is 0 Å². The molecule has 128 valence electrons. The maximum Gasteiger partial charge on any atom is 0.118 e. The number of aryl methyl sites for hydroxylation is 1. The minimum Gasteiger partial charge on any atom is -0.497 e. The fourth-order valence-electron chi connectivity index (χ4n) is 3.59. The van der Waals surface area contributed by atoms with Crippen molar-refractivity contribution in [2.24, 2.45) is 11.8 Å². The average Bonchev–Trinajstić information content (AvgIpc) is 2.59. The summed E-state index contributed by atoms with van der Waals surface area (Å²) in [6.45, 7) is 2.41. The molecule has 1 saturated carbocycles. The van der Waals surface area contributed by atoms with Crippen LogP contribution in [0.25, 0.3) is 0 Å². The standard InChI is InChI=1S/C22H34O/c1-19-11-13-20(14-12-19)9-7-5-3-4-6-8-10-21-15-17-22(23-2)18-16-21/h3-4,15-20H,5-14H2,1-2H3/b4-3-. The van der Waals surface area contributed by atoms with Gasteiger partial charge in [-0.05, 0) is 61.6 Å². The Balaban J connectivity index is 1.48. The quantitative estimate of drug-likeness (QED) is 0.370. The molecule has 1 heteroatoms. The normalized spacial score (nSPS) is 21.7. The molecule has 0 spiro atoms. The van der Waals surface area contributed by atoms with Gasteiger partial charge >= 0.3 is 0 Å². The van der Waals surface area contributed by atoms with Gasteiger partial charge in [0.15, 0.2) is 0 Å². The van der Waals surface area contributed by atoms with Gasteiger partial charge in [0.25, 0.3) is 0 Å². The molecule has 0 radical (unpaired) electrons. The number of hydrogen-bond donors (Lipinski definition) is 0. The Hall–Kier alpha value is -1.24. The second-order valence-corrected chi connectivity index (χ2v) is 7.27. The van der Waals surface area contributed by atoms with Crippen molar-refractivity contribution in [2.45, 2.75) is 71.1 Å². The van der Waals surface area contributed by atoms with E-state index < -0.39 is 0 Å². The van der Waals surface area contributed by atoms with Crippen LogP contribution in [0.4, 0.5) is 0 Å². The average molecular weight is 315 g/mol. The Morgan fingerprint density at radius 2 is 1.61 bits per heavy atom. The molecule has 2 rings (SSSR count). The highest BCUT2D eigenvalue weighted by atomic mass is 16.5. The van der Waals surface area contributed by atoms with E-state index in [1.807, 2.05) is 0 Å². The van der Waals surface area contributed by atoms with Crippen molar-refractivity contribution in [2.75, 3.05) is 7.11 Å². The lowest BCUT2D eigenvalue weighted by Gasteiger charge is -2.25. The van der Waals surface area contributed by atoms with Crippen LogP contribution in [0.1, 0.15) is 70.3 Å². The van der Waals surface area contributed by atoms with E-state index in [0.717, 1.165) is 24.0 Å². The highest BCUT2D eigenvalue weighted by Crippen LogP contribution is 2.31. The van der Waals surface area contributed by atoms with Gasteiger partial charge < -0.3 is 4.74 Å². The van der Waals surface area contributed by atoms with Gasteiger partial charge in [0.05, 0.1) is 7.11 Å². The van der Waals surface area contributed by atoms with Gasteiger partial charge in [-0.15, -0.1) is 0 Å². The smallest absolute Gasteiger partial charge is 0.118 e. The minimum absolute atomic E-state index is 0.945. The molecule has 0 saturated heterocycles. The van der Waals surface area contributed by atoms with Crippen molar-refractivity contribution < 1.29 is 4.74 Å². The number of allylic oxidation sites excluding steroid dienone is 2. The third-order valence-corrected chi connectivity index (χ3v) is 5.28. The molecule has 0 aliphatic heterocycles. The Bertz CT molecular complexity index is 438. The molecule has 0 bridgehead atoms. The Labute approximate surface area is 143 Å². The lowest BCUT2D eigenvalue weighted by molar-refractivity contribution is 0.274. The van der Waals surface area contributed by atoms with Gasteiger partial charge in [-0.2, -0.15) is 0 Å². The van der Waals surface area contributed by atoms with E-state index >= 15 is 0 Å². The number of methoxy groups -OCH3 is 1. The lowest BCUT2D eigenvalue weighted by atomic mass is 9.81. The van der Waals surface area contributed by atoms with Gasteiger partial charge in [0, 0.05) is 0 Å². The molecule has 1 aromatic rings. The summed E-state index contributed by atoms with van der Waals surface area (Å²) in [4.78, 5) is 0. The fourth-order valence-corrected chi connectivity index (χ4v) is 3.59. The topological polar surface area (TPSA) is 9.23 Å². The van der Waals surface area contributed by atoms with E-state index in [9.17, 15) is 0 Å². The maximum absolute atomic E-state index is 5.19.